The van der Waals surface area contributed by atoms with Crippen LogP contribution in [0.3, 0.4) is 0 Å². The molecule has 0 spiro atoms. The molecule has 2 fully saturated rings. The van der Waals surface area contributed by atoms with Crippen molar-refractivity contribution in [3.8, 4) is 11.3 Å². The van der Waals surface area contributed by atoms with Crippen LogP contribution in [0.5, 0.6) is 0 Å². The maximum atomic E-state index is 6.13. The number of aromatic nitrogens is 2. The normalized spacial score (nSPS) is 25.1. The summed E-state index contributed by atoms with van der Waals surface area (Å²) in [6.45, 7) is 3.27. The summed E-state index contributed by atoms with van der Waals surface area (Å²) in [4.78, 5) is 11.9. The predicted molar refractivity (Wildman–Crippen MR) is 96.0 cm³/mol. The molecule has 24 heavy (non-hydrogen) atoms. The quantitative estimate of drug-likeness (QED) is 0.841. The SMILES string of the molecule is Nc1nc2c(c(N3CC[C@H]4CNC[C@H]43)n1)CCCc1ccccc1-2. The molecule has 0 unspecified atom stereocenters. The third-order valence-electron chi connectivity index (χ3n) is 5.87. The Labute approximate surface area is 142 Å². The maximum absolute atomic E-state index is 6.13. The van der Waals surface area contributed by atoms with Crippen molar-refractivity contribution in [3.05, 3.63) is 35.4 Å². The van der Waals surface area contributed by atoms with Crippen LogP contribution in [0.2, 0.25) is 0 Å². The van der Waals surface area contributed by atoms with Crippen LogP contribution in [-0.4, -0.2) is 35.6 Å². The molecule has 3 aliphatic rings. The number of aryl methyl sites for hydroxylation is 1. The first-order chi connectivity index (χ1) is 11.8. The van der Waals surface area contributed by atoms with E-state index in [0.29, 0.717) is 12.0 Å². The van der Waals surface area contributed by atoms with Gasteiger partial charge in [-0.05, 0) is 37.2 Å². The lowest BCUT2D eigenvalue weighted by atomic mass is 10.0. The number of nitrogens with zero attached hydrogens (tertiary/aromatic N) is 3. The maximum Gasteiger partial charge on any atom is 0.222 e. The van der Waals surface area contributed by atoms with Gasteiger partial charge in [0, 0.05) is 36.8 Å². The van der Waals surface area contributed by atoms with E-state index in [0.717, 1.165) is 56.3 Å². The van der Waals surface area contributed by atoms with Gasteiger partial charge in [-0.15, -0.1) is 0 Å². The highest BCUT2D eigenvalue weighted by molar-refractivity contribution is 5.74. The largest absolute Gasteiger partial charge is 0.368 e. The second kappa shape index (κ2) is 5.45. The predicted octanol–water partition coefficient (Wildman–Crippen LogP) is 2.01. The fourth-order valence-corrected chi connectivity index (χ4v) is 4.72. The summed E-state index contributed by atoms with van der Waals surface area (Å²) >= 11 is 0. The number of benzene rings is 1. The number of nitrogens with two attached hydrogens (primary N) is 1. The lowest BCUT2D eigenvalue weighted by Gasteiger charge is -2.27. The molecular weight excluding hydrogens is 298 g/mol. The van der Waals surface area contributed by atoms with Gasteiger partial charge in [0.2, 0.25) is 5.95 Å². The summed E-state index contributed by atoms with van der Waals surface area (Å²) < 4.78 is 0. The molecule has 2 aromatic rings. The fourth-order valence-electron chi connectivity index (χ4n) is 4.72. The van der Waals surface area contributed by atoms with E-state index in [1.54, 1.807) is 0 Å². The molecule has 5 heteroatoms. The topological polar surface area (TPSA) is 67.1 Å². The summed E-state index contributed by atoms with van der Waals surface area (Å²) in [5.74, 6) is 2.23. The van der Waals surface area contributed by atoms with Gasteiger partial charge >= 0.3 is 0 Å². The Morgan fingerprint density at radius 3 is 3.00 bits per heavy atom. The van der Waals surface area contributed by atoms with Crippen molar-refractivity contribution in [2.75, 3.05) is 30.3 Å². The number of nitrogens with one attached hydrogen (secondary N) is 1. The van der Waals surface area contributed by atoms with Crippen molar-refractivity contribution < 1.29 is 0 Å². The van der Waals surface area contributed by atoms with Crippen LogP contribution in [0, 0.1) is 5.92 Å². The van der Waals surface area contributed by atoms with E-state index >= 15 is 0 Å². The molecule has 5 nitrogen and oxygen atoms in total. The number of anilines is 2. The molecule has 5 rings (SSSR count). The van der Waals surface area contributed by atoms with Crippen LogP contribution in [-0.2, 0) is 12.8 Å². The molecule has 2 aliphatic heterocycles. The summed E-state index contributed by atoms with van der Waals surface area (Å²) in [6, 6.07) is 9.17. The Kier molecular flexibility index (Phi) is 3.23. The second-order valence-electron chi connectivity index (χ2n) is 7.21. The molecule has 0 radical (unpaired) electrons. The van der Waals surface area contributed by atoms with Crippen molar-refractivity contribution in [1.82, 2.24) is 15.3 Å². The molecule has 1 aliphatic carbocycles. The van der Waals surface area contributed by atoms with E-state index in [1.165, 1.54) is 23.1 Å². The average molecular weight is 321 g/mol. The molecule has 2 atom stereocenters. The summed E-state index contributed by atoms with van der Waals surface area (Å²) in [5, 5.41) is 3.53. The Morgan fingerprint density at radius 2 is 2.04 bits per heavy atom. The highest BCUT2D eigenvalue weighted by Gasteiger charge is 2.39. The van der Waals surface area contributed by atoms with Crippen molar-refractivity contribution in [3.63, 3.8) is 0 Å². The van der Waals surface area contributed by atoms with Crippen LogP contribution in [0.25, 0.3) is 11.3 Å². The molecule has 2 saturated heterocycles. The Balaban J connectivity index is 1.67. The number of hydrogen-bond acceptors (Lipinski definition) is 5. The van der Waals surface area contributed by atoms with Crippen molar-refractivity contribution in [2.45, 2.75) is 31.7 Å². The average Bonchev–Trinajstić information content (AvgIpc) is 3.15. The Morgan fingerprint density at radius 1 is 1.12 bits per heavy atom. The summed E-state index contributed by atoms with van der Waals surface area (Å²) in [7, 11) is 0. The van der Waals surface area contributed by atoms with Crippen molar-refractivity contribution >= 4 is 11.8 Å². The first kappa shape index (κ1) is 14.2. The van der Waals surface area contributed by atoms with E-state index in [1.807, 2.05) is 0 Å². The number of nitrogen functional groups attached to an aromatic ring is 1. The number of hydrogen-bond donors (Lipinski definition) is 2. The molecule has 0 saturated carbocycles. The fraction of sp³-hybridized carbons (Fsp3) is 0.474. The van der Waals surface area contributed by atoms with Gasteiger partial charge in [0.05, 0.1) is 5.69 Å². The minimum atomic E-state index is 0.398. The van der Waals surface area contributed by atoms with Gasteiger partial charge in [-0.25, -0.2) is 4.98 Å². The van der Waals surface area contributed by atoms with Crippen molar-refractivity contribution in [2.24, 2.45) is 5.92 Å². The number of rotatable bonds is 1. The minimum Gasteiger partial charge on any atom is -0.368 e. The van der Waals surface area contributed by atoms with Gasteiger partial charge in [0.15, 0.2) is 0 Å². The van der Waals surface area contributed by atoms with E-state index in [-0.39, 0.29) is 0 Å². The standard InChI is InChI=1S/C19H23N5/c20-19-22-17-14-6-2-1-4-12(14)5-3-7-15(17)18(23-19)24-9-8-13-10-21-11-16(13)24/h1-2,4,6,13,16,21H,3,5,7-11H2,(H2,20,22,23)/t13-,16+/m0/s1. The highest BCUT2D eigenvalue weighted by atomic mass is 15.3. The molecule has 1 aromatic heterocycles. The lowest BCUT2D eigenvalue weighted by molar-refractivity contribution is 0.576. The molecule has 124 valence electrons. The lowest BCUT2D eigenvalue weighted by Crippen LogP contribution is -2.35. The van der Waals surface area contributed by atoms with Gasteiger partial charge in [0.1, 0.15) is 5.82 Å². The molecule has 3 heterocycles. The second-order valence-corrected chi connectivity index (χ2v) is 7.21. The molecular formula is C19H23N5. The van der Waals surface area contributed by atoms with Crippen LogP contribution in [0.15, 0.2) is 24.3 Å². The van der Waals surface area contributed by atoms with Crippen LogP contribution < -0.4 is 16.0 Å². The van der Waals surface area contributed by atoms with Crippen molar-refractivity contribution in [1.29, 1.82) is 0 Å². The zero-order valence-corrected chi connectivity index (χ0v) is 13.8. The van der Waals surface area contributed by atoms with Gasteiger partial charge < -0.3 is 16.0 Å². The van der Waals surface area contributed by atoms with E-state index in [9.17, 15) is 0 Å². The zero-order chi connectivity index (χ0) is 16.1. The van der Waals surface area contributed by atoms with E-state index < -0.39 is 0 Å². The molecule has 0 amide bonds. The first-order valence-corrected chi connectivity index (χ1v) is 9.03. The minimum absolute atomic E-state index is 0.398. The van der Waals surface area contributed by atoms with Crippen LogP contribution in [0.1, 0.15) is 24.0 Å². The zero-order valence-electron chi connectivity index (χ0n) is 13.8. The third kappa shape index (κ3) is 2.11. The number of fused-ring (bicyclic) bond motifs is 4. The third-order valence-corrected chi connectivity index (χ3v) is 5.87. The molecule has 0 bridgehead atoms. The molecule has 1 aromatic carbocycles. The van der Waals surface area contributed by atoms with Crippen LogP contribution in [0.4, 0.5) is 11.8 Å². The smallest absolute Gasteiger partial charge is 0.222 e. The summed E-state index contributed by atoms with van der Waals surface area (Å²) in [6.07, 6.45) is 4.51. The Bertz CT molecular complexity index is 787. The van der Waals surface area contributed by atoms with E-state index in [2.05, 4.69) is 39.5 Å². The van der Waals surface area contributed by atoms with E-state index in [4.69, 9.17) is 10.7 Å². The van der Waals surface area contributed by atoms with Gasteiger partial charge in [-0.2, -0.15) is 4.98 Å². The monoisotopic (exact) mass is 321 g/mol. The summed E-state index contributed by atoms with van der Waals surface area (Å²) in [5.41, 5.74) is 11.1. The molecule has 3 N–H and O–H groups in total. The van der Waals surface area contributed by atoms with Gasteiger partial charge in [-0.1, -0.05) is 24.3 Å². The van der Waals surface area contributed by atoms with Gasteiger partial charge in [-0.3, -0.25) is 0 Å². The van der Waals surface area contributed by atoms with Gasteiger partial charge in [0.25, 0.3) is 0 Å². The van der Waals surface area contributed by atoms with Crippen LogP contribution >= 0.6 is 0 Å². The Hall–Kier alpha value is -2.14. The highest BCUT2D eigenvalue weighted by Crippen LogP contribution is 2.39. The first-order valence-electron chi connectivity index (χ1n) is 9.03.